The second-order valence-corrected chi connectivity index (χ2v) is 5.34. The molecule has 104 valence electrons. The third kappa shape index (κ3) is 3.64. The standard InChI is InChI=1S/C16H23NO2/c1-13(16(18)15-6-4-3-5-7-15)17-10-8-14(9-11-17)12-19-2/h3-7,13-14H,8-12H2,1-2H3. The summed E-state index contributed by atoms with van der Waals surface area (Å²) in [6, 6.07) is 9.56. The maximum atomic E-state index is 12.4. The molecule has 0 N–H and O–H groups in total. The zero-order valence-corrected chi connectivity index (χ0v) is 11.8. The van der Waals surface area contributed by atoms with Gasteiger partial charge < -0.3 is 4.74 Å². The average molecular weight is 261 g/mol. The second kappa shape index (κ2) is 6.83. The minimum Gasteiger partial charge on any atom is -0.384 e. The molecular weight excluding hydrogens is 238 g/mol. The van der Waals surface area contributed by atoms with Crippen LogP contribution in [0.25, 0.3) is 0 Å². The maximum Gasteiger partial charge on any atom is 0.179 e. The first-order valence-corrected chi connectivity index (χ1v) is 7.04. The van der Waals surface area contributed by atoms with Gasteiger partial charge in [0.25, 0.3) is 0 Å². The van der Waals surface area contributed by atoms with Crippen molar-refractivity contribution in [1.82, 2.24) is 4.90 Å². The summed E-state index contributed by atoms with van der Waals surface area (Å²) in [5.74, 6) is 0.881. The summed E-state index contributed by atoms with van der Waals surface area (Å²) < 4.78 is 5.21. The molecule has 1 atom stereocenters. The molecule has 0 aromatic heterocycles. The number of carbonyl (C=O) groups excluding carboxylic acids is 1. The fourth-order valence-electron chi connectivity index (χ4n) is 2.75. The van der Waals surface area contributed by atoms with Gasteiger partial charge in [0, 0.05) is 19.3 Å². The molecule has 3 heteroatoms. The molecule has 0 aliphatic carbocycles. The Kier molecular flexibility index (Phi) is 5.11. The van der Waals surface area contributed by atoms with Crippen molar-refractivity contribution in [2.45, 2.75) is 25.8 Å². The number of methoxy groups -OCH3 is 1. The second-order valence-electron chi connectivity index (χ2n) is 5.34. The van der Waals surface area contributed by atoms with Crippen LogP contribution in [-0.2, 0) is 4.74 Å². The lowest BCUT2D eigenvalue weighted by Crippen LogP contribution is -2.44. The Hall–Kier alpha value is -1.19. The van der Waals surface area contributed by atoms with Gasteiger partial charge in [-0.25, -0.2) is 0 Å². The molecule has 3 nitrogen and oxygen atoms in total. The summed E-state index contributed by atoms with van der Waals surface area (Å²) >= 11 is 0. The molecule has 0 saturated carbocycles. The number of benzene rings is 1. The molecule has 2 rings (SSSR count). The first kappa shape index (κ1) is 14.2. The molecule has 1 aromatic rings. The van der Waals surface area contributed by atoms with Crippen LogP contribution in [-0.4, -0.2) is 43.5 Å². The van der Waals surface area contributed by atoms with Gasteiger partial charge in [0.1, 0.15) is 0 Å². The van der Waals surface area contributed by atoms with Gasteiger partial charge in [-0.1, -0.05) is 30.3 Å². The van der Waals surface area contributed by atoms with Gasteiger partial charge in [0.05, 0.1) is 6.04 Å². The van der Waals surface area contributed by atoms with E-state index in [1.54, 1.807) is 7.11 Å². The van der Waals surface area contributed by atoms with E-state index in [-0.39, 0.29) is 11.8 Å². The number of carbonyl (C=O) groups is 1. The van der Waals surface area contributed by atoms with E-state index in [1.807, 2.05) is 37.3 Å². The number of rotatable bonds is 5. The monoisotopic (exact) mass is 261 g/mol. The van der Waals surface area contributed by atoms with E-state index in [0.29, 0.717) is 5.92 Å². The van der Waals surface area contributed by atoms with Gasteiger partial charge in [-0.2, -0.15) is 0 Å². The summed E-state index contributed by atoms with van der Waals surface area (Å²) in [7, 11) is 1.76. The van der Waals surface area contributed by atoms with Crippen LogP contribution in [0.4, 0.5) is 0 Å². The van der Waals surface area contributed by atoms with E-state index in [0.717, 1.165) is 38.1 Å². The fourth-order valence-corrected chi connectivity index (χ4v) is 2.75. The van der Waals surface area contributed by atoms with Gasteiger partial charge >= 0.3 is 0 Å². The van der Waals surface area contributed by atoms with Crippen LogP contribution >= 0.6 is 0 Å². The van der Waals surface area contributed by atoms with Gasteiger partial charge in [0.15, 0.2) is 5.78 Å². The predicted octanol–water partition coefficient (Wildman–Crippen LogP) is 2.62. The first-order valence-electron chi connectivity index (χ1n) is 7.04. The van der Waals surface area contributed by atoms with Crippen LogP contribution in [0.3, 0.4) is 0 Å². The number of Topliss-reactive ketones (excluding diaryl/α,β-unsaturated/α-hetero) is 1. The SMILES string of the molecule is COCC1CCN(C(C)C(=O)c2ccccc2)CC1. The number of piperidine rings is 1. The minimum atomic E-state index is -0.0223. The van der Waals surface area contributed by atoms with Crippen LogP contribution in [0.2, 0.25) is 0 Å². The smallest absolute Gasteiger partial charge is 0.179 e. The van der Waals surface area contributed by atoms with E-state index in [9.17, 15) is 4.79 Å². The molecule has 0 bridgehead atoms. The molecule has 1 fully saturated rings. The lowest BCUT2D eigenvalue weighted by Gasteiger charge is -2.35. The maximum absolute atomic E-state index is 12.4. The fraction of sp³-hybridized carbons (Fsp3) is 0.562. The zero-order valence-electron chi connectivity index (χ0n) is 11.8. The Morgan fingerprint density at radius 1 is 1.32 bits per heavy atom. The molecule has 0 radical (unpaired) electrons. The molecule has 0 spiro atoms. The highest BCUT2D eigenvalue weighted by Crippen LogP contribution is 2.20. The highest BCUT2D eigenvalue weighted by atomic mass is 16.5. The van der Waals surface area contributed by atoms with Crippen LogP contribution in [0, 0.1) is 5.92 Å². The Balaban J connectivity index is 1.91. The van der Waals surface area contributed by atoms with Crippen molar-refractivity contribution >= 4 is 5.78 Å². The van der Waals surface area contributed by atoms with E-state index in [1.165, 1.54) is 0 Å². The Morgan fingerprint density at radius 2 is 1.95 bits per heavy atom. The molecule has 1 aromatic carbocycles. The molecule has 1 aliphatic rings. The predicted molar refractivity (Wildman–Crippen MR) is 76.4 cm³/mol. The summed E-state index contributed by atoms with van der Waals surface area (Å²) in [6.45, 7) is 4.85. The highest BCUT2D eigenvalue weighted by molar-refractivity contribution is 5.99. The van der Waals surface area contributed by atoms with Crippen LogP contribution in [0.15, 0.2) is 30.3 Å². The quantitative estimate of drug-likeness (QED) is 0.763. The van der Waals surface area contributed by atoms with E-state index >= 15 is 0 Å². The summed E-state index contributed by atoms with van der Waals surface area (Å²) in [5.41, 5.74) is 0.814. The van der Waals surface area contributed by atoms with Crippen molar-refractivity contribution in [1.29, 1.82) is 0 Å². The van der Waals surface area contributed by atoms with Crippen molar-refractivity contribution in [2.24, 2.45) is 5.92 Å². The summed E-state index contributed by atoms with van der Waals surface area (Å²) in [6.07, 6.45) is 2.25. The van der Waals surface area contributed by atoms with Crippen molar-refractivity contribution < 1.29 is 9.53 Å². The minimum absolute atomic E-state index is 0.0223. The average Bonchev–Trinajstić information content (AvgIpc) is 2.48. The number of nitrogens with zero attached hydrogens (tertiary/aromatic N) is 1. The van der Waals surface area contributed by atoms with E-state index < -0.39 is 0 Å². The number of hydrogen-bond donors (Lipinski definition) is 0. The van der Waals surface area contributed by atoms with Crippen molar-refractivity contribution in [3.8, 4) is 0 Å². The molecule has 1 unspecified atom stereocenters. The lowest BCUT2D eigenvalue weighted by atomic mass is 9.95. The number of likely N-dealkylation sites (tertiary alicyclic amines) is 1. The van der Waals surface area contributed by atoms with Crippen LogP contribution in [0.5, 0.6) is 0 Å². The molecule has 0 amide bonds. The van der Waals surface area contributed by atoms with Crippen LogP contribution in [0.1, 0.15) is 30.1 Å². The molecular formula is C16H23NO2. The molecule has 19 heavy (non-hydrogen) atoms. The molecule has 1 saturated heterocycles. The highest BCUT2D eigenvalue weighted by Gasteiger charge is 2.26. The van der Waals surface area contributed by atoms with Crippen molar-refractivity contribution in [3.63, 3.8) is 0 Å². The Bertz CT molecular complexity index is 396. The van der Waals surface area contributed by atoms with E-state index in [2.05, 4.69) is 4.90 Å². The van der Waals surface area contributed by atoms with E-state index in [4.69, 9.17) is 4.74 Å². The topological polar surface area (TPSA) is 29.5 Å². The normalized spacial score (nSPS) is 19.3. The van der Waals surface area contributed by atoms with Gasteiger partial charge in [-0.05, 0) is 38.8 Å². The Labute approximate surface area is 115 Å². The Morgan fingerprint density at radius 3 is 2.53 bits per heavy atom. The summed E-state index contributed by atoms with van der Waals surface area (Å²) in [5, 5.41) is 0. The molecule has 1 aliphatic heterocycles. The number of ether oxygens (including phenoxy) is 1. The molecule has 1 heterocycles. The third-order valence-electron chi connectivity index (χ3n) is 4.04. The number of hydrogen-bond acceptors (Lipinski definition) is 3. The first-order chi connectivity index (χ1) is 9.22. The van der Waals surface area contributed by atoms with Crippen molar-refractivity contribution in [2.75, 3.05) is 26.8 Å². The number of ketones is 1. The lowest BCUT2D eigenvalue weighted by molar-refractivity contribution is 0.0661. The van der Waals surface area contributed by atoms with Crippen molar-refractivity contribution in [3.05, 3.63) is 35.9 Å². The zero-order chi connectivity index (χ0) is 13.7. The van der Waals surface area contributed by atoms with Gasteiger partial charge in [0.2, 0.25) is 0 Å². The van der Waals surface area contributed by atoms with Crippen LogP contribution < -0.4 is 0 Å². The van der Waals surface area contributed by atoms with Gasteiger partial charge in [-0.15, -0.1) is 0 Å². The largest absolute Gasteiger partial charge is 0.384 e. The third-order valence-corrected chi connectivity index (χ3v) is 4.04. The summed E-state index contributed by atoms with van der Waals surface area (Å²) in [4.78, 5) is 14.7. The van der Waals surface area contributed by atoms with Gasteiger partial charge in [-0.3, -0.25) is 9.69 Å².